The van der Waals surface area contributed by atoms with Crippen LogP contribution in [0.15, 0.2) is 58.8 Å². The van der Waals surface area contributed by atoms with Crippen LogP contribution in [-0.2, 0) is 11.3 Å². The quantitative estimate of drug-likeness (QED) is 0.276. The zero-order valence-electron chi connectivity index (χ0n) is 15.7. The predicted molar refractivity (Wildman–Crippen MR) is 118 cm³/mol. The van der Waals surface area contributed by atoms with E-state index in [1.165, 1.54) is 28.7 Å². The number of nitrogens with zero attached hydrogens (tertiary/aromatic N) is 1. The molecule has 28 heavy (non-hydrogen) atoms. The molecule has 0 aliphatic rings. The third kappa shape index (κ3) is 4.38. The summed E-state index contributed by atoms with van der Waals surface area (Å²) in [4.78, 5) is 16.6. The molecule has 1 N–H and O–H groups in total. The third-order valence-electron chi connectivity index (χ3n) is 4.12. The van der Waals surface area contributed by atoms with Gasteiger partial charge in [-0.05, 0) is 36.4 Å². The monoisotopic (exact) mass is 408 g/mol. The van der Waals surface area contributed by atoms with Crippen LogP contribution in [0.2, 0.25) is 0 Å². The molecule has 2 aromatic carbocycles. The second-order valence-electron chi connectivity index (χ2n) is 5.90. The first kappa shape index (κ1) is 20.0. The van der Waals surface area contributed by atoms with Crippen LogP contribution in [-0.4, -0.2) is 18.8 Å². The number of esters is 1. The number of carbonyl (C=O) groups is 1. The van der Waals surface area contributed by atoms with Gasteiger partial charge in [0.15, 0.2) is 0 Å². The standard InChI is InChI=1S/C22H20N2O2S2/c1-4-26-21(25)20-18(19(23-2)22(27-3)28-20)16-10-12-17(13-11-16)24-14-15-8-6-5-7-9-15/h5-13,24H,4,14H2,1,3H3. The van der Waals surface area contributed by atoms with E-state index in [0.29, 0.717) is 22.7 Å². The summed E-state index contributed by atoms with van der Waals surface area (Å²) >= 11 is 2.80. The molecule has 142 valence electrons. The van der Waals surface area contributed by atoms with Gasteiger partial charge in [0.05, 0.1) is 17.4 Å². The smallest absolute Gasteiger partial charge is 0.347 e. The Bertz CT molecular complexity index is 990. The van der Waals surface area contributed by atoms with Gasteiger partial charge >= 0.3 is 5.97 Å². The number of rotatable bonds is 7. The predicted octanol–water partition coefficient (Wildman–Crippen LogP) is 6.48. The van der Waals surface area contributed by atoms with Gasteiger partial charge in [-0.15, -0.1) is 23.1 Å². The molecule has 6 heteroatoms. The SMILES string of the molecule is [C-]#[N+]c1c(SC)sc(C(=O)OCC)c1-c1ccc(NCc2ccccc2)cc1. The number of thioether (sulfide) groups is 1. The van der Waals surface area contributed by atoms with E-state index in [1.54, 1.807) is 6.92 Å². The summed E-state index contributed by atoms with van der Waals surface area (Å²) < 4.78 is 6.04. The van der Waals surface area contributed by atoms with Gasteiger partial charge < -0.3 is 10.1 Å². The van der Waals surface area contributed by atoms with Gasteiger partial charge in [0, 0.05) is 17.8 Å². The average molecular weight is 409 g/mol. The highest BCUT2D eigenvalue weighted by Gasteiger charge is 2.24. The number of hydrogen-bond acceptors (Lipinski definition) is 5. The van der Waals surface area contributed by atoms with Gasteiger partial charge in [0.2, 0.25) is 5.69 Å². The summed E-state index contributed by atoms with van der Waals surface area (Å²) in [6, 6.07) is 18.0. The molecule has 0 saturated heterocycles. The highest BCUT2D eigenvalue weighted by molar-refractivity contribution is 8.00. The average Bonchev–Trinajstić information content (AvgIpc) is 3.12. The second kappa shape index (κ2) is 9.45. The Labute approximate surface area is 173 Å². The van der Waals surface area contributed by atoms with Crippen molar-refractivity contribution in [2.45, 2.75) is 17.7 Å². The van der Waals surface area contributed by atoms with Gasteiger partial charge in [0.25, 0.3) is 0 Å². The lowest BCUT2D eigenvalue weighted by Crippen LogP contribution is -2.03. The van der Waals surface area contributed by atoms with Crippen molar-refractivity contribution in [1.82, 2.24) is 0 Å². The Balaban J connectivity index is 1.89. The number of anilines is 1. The van der Waals surface area contributed by atoms with Gasteiger partial charge in [0.1, 0.15) is 4.88 Å². The molecule has 0 atom stereocenters. The Morgan fingerprint density at radius 2 is 1.89 bits per heavy atom. The molecule has 0 unspecified atom stereocenters. The van der Waals surface area contributed by atoms with E-state index in [-0.39, 0.29) is 5.97 Å². The molecule has 1 heterocycles. The molecule has 1 aromatic heterocycles. The molecule has 0 aliphatic heterocycles. The Kier molecular flexibility index (Phi) is 6.75. The highest BCUT2D eigenvalue weighted by Crippen LogP contribution is 2.47. The van der Waals surface area contributed by atoms with E-state index >= 15 is 0 Å². The van der Waals surface area contributed by atoms with Crippen LogP contribution >= 0.6 is 23.1 Å². The largest absolute Gasteiger partial charge is 0.462 e. The molecule has 0 bridgehead atoms. The lowest BCUT2D eigenvalue weighted by Gasteiger charge is -2.09. The fourth-order valence-corrected chi connectivity index (χ4v) is 4.62. The minimum atomic E-state index is -0.376. The first-order valence-corrected chi connectivity index (χ1v) is 10.9. The minimum Gasteiger partial charge on any atom is -0.462 e. The zero-order valence-corrected chi connectivity index (χ0v) is 17.3. The maximum absolute atomic E-state index is 12.4. The topological polar surface area (TPSA) is 42.7 Å². The molecule has 3 rings (SSSR count). The second-order valence-corrected chi connectivity index (χ2v) is 7.99. The van der Waals surface area contributed by atoms with Crippen molar-refractivity contribution in [3.8, 4) is 11.1 Å². The molecule has 4 nitrogen and oxygen atoms in total. The lowest BCUT2D eigenvalue weighted by molar-refractivity contribution is 0.0533. The summed E-state index contributed by atoms with van der Waals surface area (Å²) in [5.74, 6) is -0.376. The Morgan fingerprint density at radius 3 is 2.50 bits per heavy atom. The van der Waals surface area contributed by atoms with Crippen LogP contribution in [0, 0.1) is 6.57 Å². The van der Waals surface area contributed by atoms with Crippen molar-refractivity contribution in [1.29, 1.82) is 0 Å². The number of benzene rings is 2. The van der Waals surface area contributed by atoms with Gasteiger partial charge in [-0.1, -0.05) is 42.5 Å². The maximum Gasteiger partial charge on any atom is 0.347 e. The van der Waals surface area contributed by atoms with E-state index in [2.05, 4.69) is 22.3 Å². The van der Waals surface area contributed by atoms with E-state index in [0.717, 1.165) is 22.0 Å². The van der Waals surface area contributed by atoms with Crippen LogP contribution < -0.4 is 5.32 Å². The van der Waals surface area contributed by atoms with Crippen LogP contribution in [0.5, 0.6) is 0 Å². The number of ether oxygens (including phenoxy) is 1. The number of nitrogens with one attached hydrogen (secondary N) is 1. The highest BCUT2D eigenvalue weighted by atomic mass is 32.2. The number of thiophene rings is 1. The molecular weight excluding hydrogens is 388 g/mol. The maximum atomic E-state index is 12.4. The molecule has 0 aliphatic carbocycles. The summed E-state index contributed by atoms with van der Waals surface area (Å²) in [6.45, 7) is 10.4. The normalized spacial score (nSPS) is 10.3. The van der Waals surface area contributed by atoms with Crippen molar-refractivity contribution in [2.24, 2.45) is 0 Å². The zero-order chi connectivity index (χ0) is 19.9. The van der Waals surface area contributed by atoms with Crippen LogP contribution in [0.4, 0.5) is 11.4 Å². The summed E-state index contributed by atoms with van der Waals surface area (Å²) in [7, 11) is 0. The van der Waals surface area contributed by atoms with E-state index in [4.69, 9.17) is 11.3 Å². The molecule has 0 spiro atoms. The molecule has 0 amide bonds. The van der Waals surface area contributed by atoms with E-state index in [1.807, 2.05) is 48.7 Å². The third-order valence-corrected chi connectivity index (χ3v) is 6.39. The van der Waals surface area contributed by atoms with Crippen molar-refractivity contribution in [2.75, 3.05) is 18.2 Å². The fourth-order valence-electron chi connectivity index (χ4n) is 2.80. The van der Waals surface area contributed by atoms with Crippen molar-refractivity contribution in [3.63, 3.8) is 0 Å². The first-order chi connectivity index (χ1) is 13.7. The summed E-state index contributed by atoms with van der Waals surface area (Å²) in [5, 5.41) is 3.39. The van der Waals surface area contributed by atoms with Crippen molar-refractivity contribution in [3.05, 3.63) is 76.5 Å². The summed E-state index contributed by atoms with van der Waals surface area (Å²) in [5.41, 5.74) is 4.21. The van der Waals surface area contributed by atoms with E-state index in [9.17, 15) is 4.79 Å². The van der Waals surface area contributed by atoms with Crippen LogP contribution in [0.3, 0.4) is 0 Å². The van der Waals surface area contributed by atoms with Crippen molar-refractivity contribution >= 4 is 40.4 Å². The van der Waals surface area contributed by atoms with E-state index < -0.39 is 0 Å². The minimum absolute atomic E-state index is 0.306. The molecule has 3 aromatic rings. The number of hydrogen-bond donors (Lipinski definition) is 1. The van der Waals surface area contributed by atoms with Gasteiger partial charge in [-0.25, -0.2) is 9.64 Å². The Hall–Kier alpha value is -2.75. The van der Waals surface area contributed by atoms with Crippen LogP contribution in [0.1, 0.15) is 22.2 Å². The fraction of sp³-hybridized carbons (Fsp3) is 0.182. The Morgan fingerprint density at radius 1 is 1.18 bits per heavy atom. The van der Waals surface area contributed by atoms with Crippen LogP contribution in [0.25, 0.3) is 16.0 Å². The first-order valence-electron chi connectivity index (χ1n) is 8.81. The molecule has 0 saturated carbocycles. The molecule has 0 radical (unpaired) electrons. The van der Waals surface area contributed by atoms with Gasteiger partial charge in [-0.2, -0.15) is 0 Å². The lowest BCUT2D eigenvalue weighted by atomic mass is 10.0. The number of carbonyl (C=O) groups excluding carboxylic acids is 1. The molecular formula is C22H20N2O2S2. The van der Waals surface area contributed by atoms with Crippen molar-refractivity contribution < 1.29 is 9.53 Å². The molecule has 0 fully saturated rings. The van der Waals surface area contributed by atoms with Gasteiger partial charge in [-0.3, -0.25) is 0 Å². The summed E-state index contributed by atoms with van der Waals surface area (Å²) in [6.07, 6.45) is 1.91.